The molecule has 0 saturated carbocycles. The molecule has 1 aromatic heterocycles. The van der Waals surface area contributed by atoms with Crippen LogP contribution in [0.1, 0.15) is 17.5 Å². The summed E-state index contributed by atoms with van der Waals surface area (Å²) < 4.78 is 18.8. The zero-order valence-corrected chi connectivity index (χ0v) is 10.3. The molecule has 18 heavy (non-hydrogen) atoms. The van der Waals surface area contributed by atoms with E-state index in [-0.39, 0.29) is 5.82 Å². The summed E-state index contributed by atoms with van der Waals surface area (Å²) in [7, 11) is 0. The van der Waals surface area contributed by atoms with E-state index in [0.29, 0.717) is 11.8 Å². The maximum absolute atomic E-state index is 13.0. The van der Waals surface area contributed by atoms with Gasteiger partial charge >= 0.3 is 0 Å². The lowest BCUT2D eigenvalue weighted by molar-refractivity contribution is -0.123. The van der Waals surface area contributed by atoms with Gasteiger partial charge in [0.1, 0.15) is 16.6 Å². The van der Waals surface area contributed by atoms with Gasteiger partial charge < -0.3 is 4.74 Å². The van der Waals surface area contributed by atoms with Gasteiger partial charge in [0, 0.05) is 12.6 Å². The van der Waals surface area contributed by atoms with E-state index in [1.54, 1.807) is 24.4 Å². The van der Waals surface area contributed by atoms with E-state index in [4.69, 9.17) is 16.3 Å². The zero-order chi connectivity index (χ0) is 12.6. The Labute approximate surface area is 109 Å². The molecule has 0 aliphatic carbocycles. The van der Waals surface area contributed by atoms with E-state index in [2.05, 4.69) is 4.98 Å². The van der Waals surface area contributed by atoms with E-state index < -0.39 is 5.60 Å². The van der Waals surface area contributed by atoms with Gasteiger partial charge in [0.15, 0.2) is 0 Å². The Hall–Kier alpha value is -1.45. The van der Waals surface area contributed by atoms with Crippen LogP contribution >= 0.6 is 11.6 Å². The molecule has 2 heterocycles. The fraction of sp³-hybridized carbons (Fsp3) is 0.214. The standard InChI is InChI=1S/C14H11ClFNO/c15-13-9-11(5-7-17-13)14(6-8-18-14)10-1-3-12(16)4-2-10/h1-5,7,9H,6,8H2. The second-order valence-electron chi connectivity index (χ2n) is 4.30. The largest absolute Gasteiger partial charge is 0.365 e. The first-order valence-electron chi connectivity index (χ1n) is 5.73. The van der Waals surface area contributed by atoms with Gasteiger partial charge in [-0.3, -0.25) is 0 Å². The molecule has 0 amide bonds. The molecule has 1 fully saturated rings. The lowest BCUT2D eigenvalue weighted by Crippen LogP contribution is -2.41. The van der Waals surface area contributed by atoms with Crippen LogP contribution in [-0.2, 0) is 10.3 Å². The number of hydrogen-bond donors (Lipinski definition) is 0. The number of hydrogen-bond acceptors (Lipinski definition) is 2. The molecule has 0 radical (unpaired) electrons. The molecule has 0 bridgehead atoms. The lowest BCUT2D eigenvalue weighted by atomic mass is 9.80. The van der Waals surface area contributed by atoms with Crippen LogP contribution in [0.2, 0.25) is 5.15 Å². The van der Waals surface area contributed by atoms with Crippen LogP contribution in [0.3, 0.4) is 0 Å². The van der Waals surface area contributed by atoms with Gasteiger partial charge in [0.25, 0.3) is 0 Å². The van der Waals surface area contributed by atoms with E-state index >= 15 is 0 Å². The maximum atomic E-state index is 13.0. The van der Waals surface area contributed by atoms with Crippen LogP contribution in [0.15, 0.2) is 42.6 Å². The Morgan fingerprint density at radius 3 is 2.44 bits per heavy atom. The fourth-order valence-electron chi connectivity index (χ4n) is 2.30. The van der Waals surface area contributed by atoms with Gasteiger partial charge in [-0.2, -0.15) is 0 Å². The maximum Gasteiger partial charge on any atom is 0.129 e. The quantitative estimate of drug-likeness (QED) is 0.773. The Bertz CT molecular complexity index is 566. The third-order valence-corrected chi connectivity index (χ3v) is 3.51. The number of benzene rings is 1. The average molecular weight is 264 g/mol. The van der Waals surface area contributed by atoms with Gasteiger partial charge in [-0.15, -0.1) is 0 Å². The molecule has 1 aromatic carbocycles. The lowest BCUT2D eigenvalue weighted by Gasteiger charge is -2.42. The zero-order valence-electron chi connectivity index (χ0n) is 9.57. The van der Waals surface area contributed by atoms with Crippen LogP contribution < -0.4 is 0 Å². The Kier molecular flexibility index (Phi) is 2.80. The molecule has 2 nitrogen and oxygen atoms in total. The fourth-order valence-corrected chi connectivity index (χ4v) is 2.47. The van der Waals surface area contributed by atoms with Crippen molar-refractivity contribution in [3.8, 4) is 0 Å². The summed E-state index contributed by atoms with van der Waals surface area (Å²) in [5.41, 5.74) is 1.40. The molecule has 1 saturated heterocycles. The van der Waals surface area contributed by atoms with Gasteiger partial charge in [-0.25, -0.2) is 9.37 Å². The van der Waals surface area contributed by atoms with Crippen LogP contribution in [0.4, 0.5) is 4.39 Å². The number of nitrogens with zero attached hydrogens (tertiary/aromatic N) is 1. The summed E-state index contributed by atoms with van der Waals surface area (Å²) in [6, 6.07) is 10.1. The number of rotatable bonds is 2. The van der Waals surface area contributed by atoms with Gasteiger partial charge in [-0.1, -0.05) is 23.7 Å². The summed E-state index contributed by atoms with van der Waals surface area (Å²) in [4.78, 5) is 3.97. The highest BCUT2D eigenvalue weighted by Crippen LogP contribution is 2.43. The second-order valence-corrected chi connectivity index (χ2v) is 4.69. The molecule has 1 aliphatic heterocycles. The molecule has 1 aliphatic rings. The van der Waals surface area contributed by atoms with Crippen LogP contribution in [0, 0.1) is 5.82 Å². The van der Waals surface area contributed by atoms with Gasteiger partial charge in [0.05, 0.1) is 6.61 Å². The summed E-state index contributed by atoms with van der Waals surface area (Å²) in [6.07, 6.45) is 2.52. The Balaban J connectivity index is 2.07. The predicted octanol–water partition coefficient (Wildman–Crippen LogP) is 3.54. The summed E-state index contributed by atoms with van der Waals surface area (Å²) >= 11 is 5.92. The summed E-state index contributed by atoms with van der Waals surface area (Å²) in [5.74, 6) is -0.249. The molecular weight excluding hydrogens is 253 g/mol. The van der Waals surface area contributed by atoms with Crippen LogP contribution in [-0.4, -0.2) is 11.6 Å². The first-order chi connectivity index (χ1) is 8.71. The second kappa shape index (κ2) is 4.34. The van der Waals surface area contributed by atoms with Crippen molar-refractivity contribution < 1.29 is 9.13 Å². The highest BCUT2D eigenvalue weighted by Gasteiger charge is 2.42. The monoisotopic (exact) mass is 263 g/mol. The van der Waals surface area contributed by atoms with E-state index in [1.165, 1.54) is 12.1 Å². The molecular formula is C14H11ClFNO. The van der Waals surface area contributed by atoms with E-state index in [9.17, 15) is 4.39 Å². The molecule has 1 atom stereocenters. The van der Waals surface area contributed by atoms with Crippen molar-refractivity contribution in [2.24, 2.45) is 0 Å². The van der Waals surface area contributed by atoms with Crippen molar-refractivity contribution >= 4 is 11.6 Å². The SMILES string of the molecule is Fc1ccc(C2(c3ccnc(Cl)c3)CCO2)cc1. The van der Waals surface area contributed by atoms with E-state index in [1.807, 2.05) is 6.07 Å². The Morgan fingerprint density at radius 2 is 1.89 bits per heavy atom. The first kappa shape index (κ1) is 11.6. The minimum atomic E-state index is -0.500. The topological polar surface area (TPSA) is 22.1 Å². The third kappa shape index (κ3) is 1.80. The van der Waals surface area contributed by atoms with Crippen molar-refractivity contribution in [3.63, 3.8) is 0 Å². The minimum Gasteiger partial charge on any atom is -0.365 e. The predicted molar refractivity (Wildman–Crippen MR) is 67.0 cm³/mol. The third-order valence-electron chi connectivity index (χ3n) is 3.31. The number of aromatic nitrogens is 1. The highest BCUT2D eigenvalue weighted by molar-refractivity contribution is 6.29. The molecule has 0 spiro atoms. The molecule has 92 valence electrons. The van der Waals surface area contributed by atoms with E-state index in [0.717, 1.165) is 17.5 Å². The van der Waals surface area contributed by atoms with Crippen LogP contribution in [0.5, 0.6) is 0 Å². The molecule has 1 unspecified atom stereocenters. The molecule has 3 rings (SSSR count). The van der Waals surface area contributed by atoms with Crippen molar-refractivity contribution in [2.45, 2.75) is 12.0 Å². The first-order valence-corrected chi connectivity index (χ1v) is 6.10. The van der Waals surface area contributed by atoms with Crippen molar-refractivity contribution in [1.82, 2.24) is 4.98 Å². The Morgan fingerprint density at radius 1 is 1.17 bits per heavy atom. The smallest absolute Gasteiger partial charge is 0.129 e. The number of ether oxygens (including phenoxy) is 1. The average Bonchev–Trinajstić information content (AvgIpc) is 2.30. The molecule has 2 aromatic rings. The number of pyridine rings is 1. The van der Waals surface area contributed by atoms with Gasteiger partial charge in [-0.05, 0) is 35.4 Å². The minimum absolute atomic E-state index is 0.249. The molecule has 4 heteroatoms. The van der Waals surface area contributed by atoms with Crippen molar-refractivity contribution in [1.29, 1.82) is 0 Å². The number of halogens is 2. The van der Waals surface area contributed by atoms with Crippen LogP contribution in [0.25, 0.3) is 0 Å². The highest BCUT2D eigenvalue weighted by atomic mass is 35.5. The summed E-state index contributed by atoms with van der Waals surface area (Å²) in [6.45, 7) is 0.692. The van der Waals surface area contributed by atoms with Crippen molar-refractivity contribution in [3.05, 3.63) is 64.7 Å². The normalized spacial score (nSPS) is 22.6. The van der Waals surface area contributed by atoms with Gasteiger partial charge in [0.2, 0.25) is 0 Å². The summed E-state index contributed by atoms with van der Waals surface area (Å²) in [5, 5.41) is 0.435. The van der Waals surface area contributed by atoms with Crippen molar-refractivity contribution in [2.75, 3.05) is 6.61 Å². The molecule has 0 N–H and O–H groups in total.